The zero-order valence-corrected chi connectivity index (χ0v) is 20.5. The van der Waals surface area contributed by atoms with Crippen LogP contribution in [-0.2, 0) is 7.05 Å². The highest BCUT2D eigenvalue weighted by Crippen LogP contribution is 2.40. The number of pyridine rings is 1. The van der Waals surface area contributed by atoms with Gasteiger partial charge in [0.1, 0.15) is 5.69 Å². The van der Waals surface area contributed by atoms with E-state index in [9.17, 15) is 9.59 Å². The van der Waals surface area contributed by atoms with Gasteiger partial charge in [-0.3, -0.25) is 25.1 Å². The molecule has 0 atom stereocenters. The highest BCUT2D eigenvalue weighted by Gasteiger charge is 2.29. The third-order valence-electron chi connectivity index (χ3n) is 6.55. The van der Waals surface area contributed by atoms with Crippen molar-refractivity contribution in [3.63, 3.8) is 0 Å². The third kappa shape index (κ3) is 4.24. The number of hydrazine groups is 1. The van der Waals surface area contributed by atoms with Crippen LogP contribution in [-0.4, -0.2) is 36.4 Å². The van der Waals surface area contributed by atoms with Gasteiger partial charge < -0.3 is 0 Å². The Hall–Kier alpha value is -4.79. The Bertz CT molecular complexity index is 1630. The van der Waals surface area contributed by atoms with E-state index < -0.39 is 11.8 Å². The van der Waals surface area contributed by atoms with Crippen LogP contribution in [0.5, 0.6) is 0 Å². The van der Waals surface area contributed by atoms with Crippen molar-refractivity contribution in [1.82, 2.24) is 35.4 Å². The molecular weight excluding hydrogens is 466 g/mol. The molecule has 2 N–H and O–H groups in total. The van der Waals surface area contributed by atoms with Crippen molar-refractivity contribution in [2.75, 3.05) is 0 Å². The van der Waals surface area contributed by atoms with Crippen molar-refractivity contribution in [1.29, 1.82) is 0 Å². The van der Waals surface area contributed by atoms with Gasteiger partial charge in [-0.25, -0.2) is 9.67 Å². The fraction of sp³-hybridized carbons (Fsp3) is 0.179. The number of para-hydroxylation sites is 1. The Kier molecular flexibility index (Phi) is 5.52. The summed E-state index contributed by atoms with van der Waals surface area (Å²) in [5.41, 5.74) is 10.4. The molecule has 0 radical (unpaired) electrons. The number of carbonyl (C=O) groups is 2. The fourth-order valence-corrected chi connectivity index (χ4v) is 4.54. The number of hydrogen-bond donors (Lipinski definition) is 2. The number of fused-ring (bicyclic) bond motifs is 1. The number of aromatic nitrogens is 5. The maximum atomic E-state index is 13.3. The molecule has 184 valence electrons. The smallest absolute Gasteiger partial charge is 0.267 e. The standard InChI is InChI=1S/C28H25N7O2/c1-17-24-21(15-23(18-13-14-18)29-26(24)34(2)32-17)27(36)30-31-28(37)22-16-35(20-11-7-4-8-12-20)33-25(22)19-9-5-3-6-10-19/h3-12,15-16,18H,13-14H2,1-2H3,(H,30,36)(H,31,37). The van der Waals surface area contributed by atoms with Gasteiger partial charge in [0.2, 0.25) is 0 Å². The quantitative estimate of drug-likeness (QED) is 0.360. The minimum atomic E-state index is -0.468. The van der Waals surface area contributed by atoms with E-state index in [1.165, 1.54) is 0 Å². The van der Waals surface area contributed by atoms with Crippen LogP contribution in [0, 0.1) is 6.92 Å². The van der Waals surface area contributed by atoms with Crippen LogP contribution in [0.25, 0.3) is 28.0 Å². The average Bonchev–Trinajstić information content (AvgIpc) is 3.62. The first-order chi connectivity index (χ1) is 18.0. The molecule has 37 heavy (non-hydrogen) atoms. The van der Waals surface area contributed by atoms with E-state index in [1.54, 1.807) is 15.6 Å². The van der Waals surface area contributed by atoms with Gasteiger partial charge in [0.15, 0.2) is 5.65 Å². The summed E-state index contributed by atoms with van der Waals surface area (Å²) >= 11 is 0. The highest BCUT2D eigenvalue weighted by atomic mass is 16.2. The van der Waals surface area contributed by atoms with Gasteiger partial charge in [-0.15, -0.1) is 0 Å². The summed E-state index contributed by atoms with van der Waals surface area (Å²) in [5.74, 6) is -0.529. The fourth-order valence-electron chi connectivity index (χ4n) is 4.54. The maximum absolute atomic E-state index is 13.3. The maximum Gasteiger partial charge on any atom is 0.273 e. The third-order valence-corrected chi connectivity index (χ3v) is 6.55. The zero-order valence-electron chi connectivity index (χ0n) is 20.5. The Morgan fingerprint density at radius 3 is 2.22 bits per heavy atom. The van der Waals surface area contributed by atoms with E-state index in [4.69, 9.17) is 4.98 Å². The molecular formula is C28H25N7O2. The van der Waals surface area contributed by atoms with Crippen molar-refractivity contribution >= 4 is 22.8 Å². The molecule has 2 amide bonds. The second kappa shape index (κ2) is 9.02. The predicted molar refractivity (Wildman–Crippen MR) is 139 cm³/mol. The van der Waals surface area contributed by atoms with E-state index in [2.05, 4.69) is 21.0 Å². The van der Waals surface area contributed by atoms with Gasteiger partial charge in [-0.1, -0.05) is 48.5 Å². The monoisotopic (exact) mass is 491 g/mol. The van der Waals surface area contributed by atoms with Crippen LogP contribution in [0.1, 0.15) is 50.9 Å². The molecule has 3 aromatic heterocycles. The molecule has 1 aliphatic carbocycles. The van der Waals surface area contributed by atoms with E-state index in [0.29, 0.717) is 39.5 Å². The van der Waals surface area contributed by atoms with Gasteiger partial charge in [0.25, 0.3) is 11.8 Å². The number of carbonyl (C=O) groups excluding carboxylic acids is 2. The van der Waals surface area contributed by atoms with E-state index >= 15 is 0 Å². The molecule has 9 nitrogen and oxygen atoms in total. The van der Waals surface area contributed by atoms with Crippen molar-refractivity contribution in [2.45, 2.75) is 25.7 Å². The first-order valence-electron chi connectivity index (χ1n) is 12.1. The van der Waals surface area contributed by atoms with Crippen LogP contribution in [0.2, 0.25) is 0 Å². The van der Waals surface area contributed by atoms with Crippen molar-refractivity contribution in [3.05, 3.63) is 95.4 Å². The Morgan fingerprint density at radius 2 is 1.54 bits per heavy atom. The van der Waals surface area contributed by atoms with E-state index in [-0.39, 0.29) is 0 Å². The predicted octanol–water partition coefficient (Wildman–Crippen LogP) is 4.08. The van der Waals surface area contributed by atoms with E-state index in [0.717, 1.165) is 29.8 Å². The first kappa shape index (κ1) is 22.7. The number of aryl methyl sites for hydroxylation is 2. The second-order valence-corrected chi connectivity index (χ2v) is 9.22. The van der Waals surface area contributed by atoms with Gasteiger partial charge in [0.05, 0.1) is 27.9 Å². The van der Waals surface area contributed by atoms with Gasteiger partial charge >= 0.3 is 0 Å². The van der Waals surface area contributed by atoms with Crippen molar-refractivity contribution in [3.8, 4) is 16.9 Å². The minimum absolute atomic E-state index is 0.339. The van der Waals surface area contributed by atoms with Gasteiger partial charge in [-0.05, 0) is 38.0 Å². The number of nitrogens with one attached hydrogen (secondary N) is 2. The topological polar surface area (TPSA) is 107 Å². The Morgan fingerprint density at radius 1 is 0.892 bits per heavy atom. The van der Waals surface area contributed by atoms with Gasteiger partial charge in [-0.2, -0.15) is 10.2 Å². The Balaban J connectivity index is 1.31. The van der Waals surface area contributed by atoms with Crippen LogP contribution in [0.15, 0.2) is 72.9 Å². The average molecular weight is 492 g/mol. The lowest BCUT2D eigenvalue weighted by molar-refractivity contribution is 0.0848. The van der Waals surface area contributed by atoms with Gasteiger partial charge in [0, 0.05) is 30.4 Å². The molecule has 6 rings (SSSR count). The lowest BCUT2D eigenvalue weighted by atomic mass is 10.1. The molecule has 0 aliphatic heterocycles. The molecule has 3 heterocycles. The number of benzene rings is 2. The molecule has 9 heteroatoms. The largest absolute Gasteiger partial charge is 0.273 e. The second-order valence-electron chi connectivity index (χ2n) is 9.22. The molecule has 0 saturated heterocycles. The number of nitrogens with zero attached hydrogens (tertiary/aromatic N) is 5. The molecule has 0 bridgehead atoms. The lowest BCUT2D eigenvalue weighted by Gasteiger charge is -2.10. The number of rotatable bonds is 5. The molecule has 1 aliphatic rings. The molecule has 0 unspecified atom stereocenters. The molecule has 5 aromatic rings. The first-order valence-corrected chi connectivity index (χ1v) is 12.1. The summed E-state index contributed by atoms with van der Waals surface area (Å²) in [5, 5.41) is 9.80. The summed E-state index contributed by atoms with van der Waals surface area (Å²) in [6.07, 6.45) is 3.78. The molecule has 1 fully saturated rings. The summed E-state index contributed by atoms with van der Waals surface area (Å²) in [4.78, 5) is 31.4. The summed E-state index contributed by atoms with van der Waals surface area (Å²) in [7, 11) is 1.82. The Labute approximate surface area is 213 Å². The molecule has 1 saturated carbocycles. The van der Waals surface area contributed by atoms with Crippen LogP contribution in [0.4, 0.5) is 0 Å². The summed E-state index contributed by atoms with van der Waals surface area (Å²) in [6, 6.07) is 20.9. The normalized spacial score (nSPS) is 13.0. The number of amides is 2. The van der Waals surface area contributed by atoms with Crippen LogP contribution >= 0.6 is 0 Å². The minimum Gasteiger partial charge on any atom is -0.267 e. The highest BCUT2D eigenvalue weighted by molar-refractivity contribution is 6.08. The SMILES string of the molecule is Cc1nn(C)c2nc(C3CC3)cc(C(=O)NNC(=O)c3cn(-c4ccccc4)nc3-c3ccccc3)c12. The number of hydrogen-bond acceptors (Lipinski definition) is 5. The van der Waals surface area contributed by atoms with Crippen LogP contribution < -0.4 is 10.9 Å². The van der Waals surface area contributed by atoms with Crippen LogP contribution in [0.3, 0.4) is 0 Å². The summed E-state index contributed by atoms with van der Waals surface area (Å²) in [6.45, 7) is 1.85. The van der Waals surface area contributed by atoms with Crippen molar-refractivity contribution < 1.29 is 9.59 Å². The molecule has 2 aromatic carbocycles. The van der Waals surface area contributed by atoms with Crippen molar-refractivity contribution in [2.24, 2.45) is 7.05 Å². The van der Waals surface area contributed by atoms with E-state index in [1.807, 2.05) is 80.7 Å². The summed E-state index contributed by atoms with van der Waals surface area (Å²) < 4.78 is 3.35. The zero-order chi connectivity index (χ0) is 25.5. The molecule has 0 spiro atoms. The lowest BCUT2D eigenvalue weighted by Crippen LogP contribution is -2.41.